The molecule has 7 heteroatoms. The molecule has 0 saturated carbocycles. The van der Waals surface area contributed by atoms with Crippen LogP contribution >= 0.6 is 39.1 Å². The van der Waals surface area contributed by atoms with Crippen LogP contribution in [0.3, 0.4) is 0 Å². The van der Waals surface area contributed by atoms with Gasteiger partial charge in [0.2, 0.25) is 0 Å². The molecular formula is C10H12BrCl2NO2S. The van der Waals surface area contributed by atoms with Crippen molar-refractivity contribution in [2.75, 3.05) is 11.6 Å². The van der Waals surface area contributed by atoms with Gasteiger partial charge in [0.05, 0.1) is 5.75 Å². The second-order valence-corrected chi connectivity index (χ2v) is 7.49. The molecule has 1 rings (SSSR count). The molecule has 1 unspecified atom stereocenters. The minimum Gasteiger partial charge on any atom is -0.243 e. The Morgan fingerprint density at radius 3 is 2.71 bits per heavy atom. The molecule has 0 N–H and O–H groups in total. The first-order valence-electron chi connectivity index (χ1n) is 5.00. The second-order valence-electron chi connectivity index (χ2n) is 3.41. The summed E-state index contributed by atoms with van der Waals surface area (Å²) < 4.78 is 23.6. The first-order chi connectivity index (χ1) is 7.92. The number of hydrogen-bond acceptors (Lipinski definition) is 3. The van der Waals surface area contributed by atoms with Gasteiger partial charge in [-0.1, -0.05) is 34.5 Å². The highest BCUT2D eigenvalue weighted by Gasteiger charge is 2.19. The summed E-state index contributed by atoms with van der Waals surface area (Å²) in [6, 6.07) is 1.56. The largest absolute Gasteiger partial charge is 0.243 e. The van der Waals surface area contributed by atoms with Gasteiger partial charge in [-0.3, -0.25) is 0 Å². The Morgan fingerprint density at radius 2 is 2.18 bits per heavy atom. The summed E-state index contributed by atoms with van der Waals surface area (Å²) in [5.41, 5.74) is 0.766. The zero-order valence-corrected chi connectivity index (χ0v) is 13.1. The molecule has 1 aromatic rings. The quantitative estimate of drug-likeness (QED) is 0.595. The van der Waals surface area contributed by atoms with E-state index in [-0.39, 0.29) is 20.6 Å². The van der Waals surface area contributed by atoms with Crippen LogP contribution in [-0.4, -0.2) is 25.0 Å². The number of hydrogen-bond donors (Lipinski definition) is 0. The van der Waals surface area contributed by atoms with Crippen LogP contribution < -0.4 is 0 Å². The maximum absolute atomic E-state index is 11.8. The number of alkyl halides is 2. The fourth-order valence-corrected chi connectivity index (χ4v) is 3.60. The van der Waals surface area contributed by atoms with Gasteiger partial charge in [-0.2, -0.15) is 0 Å². The van der Waals surface area contributed by atoms with Crippen molar-refractivity contribution >= 4 is 49.0 Å². The highest BCUT2D eigenvalue weighted by atomic mass is 79.9. The van der Waals surface area contributed by atoms with E-state index < -0.39 is 9.84 Å². The second kappa shape index (κ2) is 6.36. The average Bonchev–Trinajstić information content (AvgIpc) is 2.29. The Kier molecular flexibility index (Phi) is 5.70. The highest BCUT2D eigenvalue weighted by Crippen LogP contribution is 2.30. The standard InChI is InChI=1S/C10H12BrCl2NO2S/c1-2-17(15,16)9-5-7(6-14-10(9)13)8(11)3-4-12/h5-6,8H,2-4H2,1H3. The number of pyridine rings is 1. The number of sulfone groups is 1. The highest BCUT2D eigenvalue weighted by molar-refractivity contribution is 9.09. The third-order valence-electron chi connectivity index (χ3n) is 2.27. The zero-order valence-electron chi connectivity index (χ0n) is 9.16. The van der Waals surface area contributed by atoms with Crippen molar-refractivity contribution < 1.29 is 8.42 Å². The molecule has 0 aliphatic carbocycles. The van der Waals surface area contributed by atoms with Crippen LogP contribution in [0, 0.1) is 0 Å². The van der Waals surface area contributed by atoms with E-state index in [1.807, 2.05) is 0 Å². The maximum atomic E-state index is 11.8. The fraction of sp³-hybridized carbons (Fsp3) is 0.500. The van der Waals surface area contributed by atoms with Crippen molar-refractivity contribution in [3.63, 3.8) is 0 Å². The van der Waals surface area contributed by atoms with Gasteiger partial charge in [0.1, 0.15) is 10.0 Å². The third kappa shape index (κ3) is 3.81. The fourth-order valence-electron chi connectivity index (χ4n) is 1.25. The van der Waals surface area contributed by atoms with E-state index in [1.54, 1.807) is 19.2 Å². The lowest BCUT2D eigenvalue weighted by Gasteiger charge is -2.10. The molecule has 1 atom stereocenters. The summed E-state index contributed by atoms with van der Waals surface area (Å²) in [7, 11) is -3.35. The van der Waals surface area contributed by atoms with E-state index >= 15 is 0 Å². The Hall–Kier alpha value is 0.160. The van der Waals surface area contributed by atoms with Crippen LogP contribution in [0.5, 0.6) is 0 Å². The number of rotatable bonds is 5. The Bertz CT molecular complexity index is 493. The summed E-state index contributed by atoms with van der Waals surface area (Å²) in [6.07, 6.45) is 2.25. The number of aromatic nitrogens is 1. The van der Waals surface area contributed by atoms with E-state index in [1.165, 1.54) is 0 Å². The van der Waals surface area contributed by atoms with Crippen molar-refractivity contribution in [3.8, 4) is 0 Å². The molecule has 0 amide bonds. The molecule has 0 saturated heterocycles. The molecule has 0 radical (unpaired) electrons. The molecule has 0 aliphatic heterocycles. The predicted octanol–water partition coefficient (Wildman–Crippen LogP) is 3.59. The van der Waals surface area contributed by atoms with Gasteiger partial charge in [-0.15, -0.1) is 11.6 Å². The summed E-state index contributed by atoms with van der Waals surface area (Å²) in [6.45, 7) is 1.57. The van der Waals surface area contributed by atoms with Crippen molar-refractivity contribution in [2.45, 2.75) is 23.1 Å². The molecule has 0 aliphatic rings. The minimum absolute atomic E-state index is 0.000309. The first-order valence-corrected chi connectivity index (χ1v) is 8.48. The van der Waals surface area contributed by atoms with Crippen molar-refractivity contribution in [1.29, 1.82) is 0 Å². The van der Waals surface area contributed by atoms with Gasteiger partial charge in [0.15, 0.2) is 9.84 Å². The first kappa shape index (κ1) is 15.2. The lowest BCUT2D eigenvalue weighted by Crippen LogP contribution is -2.07. The van der Waals surface area contributed by atoms with E-state index in [9.17, 15) is 8.42 Å². The Morgan fingerprint density at radius 1 is 1.53 bits per heavy atom. The number of nitrogens with zero attached hydrogens (tertiary/aromatic N) is 1. The van der Waals surface area contributed by atoms with Crippen molar-refractivity contribution in [2.24, 2.45) is 0 Å². The van der Waals surface area contributed by atoms with E-state index in [0.29, 0.717) is 12.3 Å². The van der Waals surface area contributed by atoms with Crippen LogP contribution in [-0.2, 0) is 9.84 Å². The molecule has 0 spiro atoms. The van der Waals surface area contributed by atoms with Crippen LogP contribution in [0.2, 0.25) is 5.15 Å². The molecule has 1 aromatic heterocycles. The van der Waals surface area contributed by atoms with E-state index in [2.05, 4.69) is 20.9 Å². The molecule has 96 valence electrons. The van der Waals surface area contributed by atoms with Gasteiger partial charge in [-0.25, -0.2) is 13.4 Å². The molecule has 17 heavy (non-hydrogen) atoms. The summed E-state index contributed by atoms with van der Waals surface area (Å²) in [5, 5.41) is 0.0150. The van der Waals surface area contributed by atoms with Crippen molar-refractivity contribution in [3.05, 3.63) is 23.0 Å². The van der Waals surface area contributed by atoms with Crippen molar-refractivity contribution in [1.82, 2.24) is 4.98 Å². The molecule has 0 fully saturated rings. The van der Waals surface area contributed by atoms with Gasteiger partial charge < -0.3 is 0 Å². The van der Waals surface area contributed by atoms with Gasteiger partial charge >= 0.3 is 0 Å². The lowest BCUT2D eigenvalue weighted by atomic mass is 10.2. The Labute approximate surface area is 120 Å². The van der Waals surface area contributed by atoms with Crippen LogP contribution in [0.15, 0.2) is 17.2 Å². The molecule has 3 nitrogen and oxygen atoms in total. The SMILES string of the molecule is CCS(=O)(=O)c1cc(C(Br)CCCl)cnc1Cl. The average molecular weight is 361 g/mol. The number of halogens is 3. The van der Waals surface area contributed by atoms with Gasteiger partial charge in [0.25, 0.3) is 0 Å². The maximum Gasteiger partial charge on any atom is 0.181 e. The molecular weight excluding hydrogens is 349 g/mol. The summed E-state index contributed by atoms with van der Waals surface area (Å²) >= 11 is 14.9. The smallest absolute Gasteiger partial charge is 0.181 e. The van der Waals surface area contributed by atoms with Crippen LogP contribution in [0.4, 0.5) is 0 Å². The minimum atomic E-state index is -3.35. The van der Waals surface area contributed by atoms with Crippen LogP contribution in [0.1, 0.15) is 23.7 Å². The van der Waals surface area contributed by atoms with Gasteiger partial charge in [0, 0.05) is 16.9 Å². The van der Waals surface area contributed by atoms with Crippen LogP contribution in [0.25, 0.3) is 0 Å². The molecule has 0 bridgehead atoms. The molecule has 0 aromatic carbocycles. The third-order valence-corrected chi connectivity index (χ3v) is 5.63. The monoisotopic (exact) mass is 359 g/mol. The molecule has 1 heterocycles. The summed E-state index contributed by atoms with van der Waals surface area (Å²) in [5.74, 6) is 0.481. The zero-order chi connectivity index (χ0) is 13.1. The van der Waals surface area contributed by atoms with E-state index in [4.69, 9.17) is 23.2 Å². The topological polar surface area (TPSA) is 47.0 Å². The predicted molar refractivity (Wildman–Crippen MR) is 74.0 cm³/mol. The van der Waals surface area contributed by atoms with E-state index in [0.717, 1.165) is 5.56 Å². The lowest BCUT2D eigenvalue weighted by molar-refractivity contribution is 0.596. The normalized spacial score (nSPS) is 13.6. The van der Waals surface area contributed by atoms with Gasteiger partial charge in [-0.05, 0) is 18.1 Å². The Balaban J connectivity index is 3.20. The summed E-state index contributed by atoms with van der Waals surface area (Å²) in [4.78, 5) is 3.97.